The van der Waals surface area contributed by atoms with Crippen molar-refractivity contribution < 1.29 is 22.8 Å². The Morgan fingerprint density at radius 2 is 1.96 bits per heavy atom. The molecule has 1 aliphatic rings. The Morgan fingerprint density at radius 3 is 2.67 bits per heavy atom. The number of aromatic nitrogens is 2. The molecule has 1 atom stereocenters. The molecule has 0 spiro atoms. The smallest absolute Gasteiger partial charge is 0.322 e. The van der Waals surface area contributed by atoms with Crippen LogP contribution in [0.15, 0.2) is 49.9 Å². The van der Waals surface area contributed by atoms with Crippen LogP contribution in [0.3, 0.4) is 0 Å². The lowest BCUT2D eigenvalue weighted by Crippen LogP contribution is -2.24. The van der Waals surface area contributed by atoms with Gasteiger partial charge in [-0.1, -0.05) is 5.10 Å². The first-order valence-corrected chi connectivity index (χ1v) is 8.75. The van der Waals surface area contributed by atoms with Crippen molar-refractivity contribution in [2.75, 3.05) is 16.8 Å². The van der Waals surface area contributed by atoms with Crippen LogP contribution in [-0.2, 0) is 4.79 Å². The third-order valence-electron chi connectivity index (χ3n) is 4.07. The van der Waals surface area contributed by atoms with Crippen LogP contribution in [0, 0.1) is 5.82 Å². The average molecular weight is 435 g/mol. The molecule has 2 amide bonds. The maximum atomic E-state index is 13.1. The fourth-order valence-corrected chi connectivity index (χ4v) is 3.10. The summed E-state index contributed by atoms with van der Waals surface area (Å²) in [5.41, 5.74) is 0.598. The molecule has 2 aromatic heterocycles. The summed E-state index contributed by atoms with van der Waals surface area (Å²) in [7, 11) is 0. The molecule has 0 unspecified atom stereocenters. The van der Waals surface area contributed by atoms with Crippen molar-refractivity contribution in [2.24, 2.45) is 0 Å². The predicted molar refractivity (Wildman–Crippen MR) is 94.8 cm³/mol. The number of carbonyl (C=O) groups excluding carboxylic acids is 2. The monoisotopic (exact) mass is 434 g/mol. The van der Waals surface area contributed by atoms with Gasteiger partial charge in [-0.05, 0) is 52.3 Å². The first kappa shape index (κ1) is 17.4. The third-order valence-corrected chi connectivity index (χ3v) is 4.50. The molecule has 4 rings (SSSR count). The summed E-state index contributed by atoms with van der Waals surface area (Å²) in [6, 6.07) is 8.66. The zero-order valence-electron chi connectivity index (χ0n) is 13.7. The van der Waals surface area contributed by atoms with Gasteiger partial charge in [0, 0.05) is 18.7 Å². The van der Waals surface area contributed by atoms with E-state index in [1.54, 1.807) is 6.07 Å². The highest BCUT2D eigenvalue weighted by Crippen LogP contribution is 2.31. The minimum absolute atomic E-state index is 0.0835. The summed E-state index contributed by atoms with van der Waals surface area (Å²) in [6.45, 7) is 0.325. The van der Waals surface area contributed by atoms with E-state index in [0.717, 1.165) is 0 Å². The highest BCUT2D eigenvalue weighted by atomic mass is 79.9. The van der Waals surface area contributed by atoms with E-state index in [1.165, 1.54) is 35.2 Å². The van der Waals surface area contributed by atoms with Crippen molar-refractivity contribution in [1.29, 1.82) is 0 Å². The van der Waals surface area contributed by atoms with E-state index in [2.05, 4.69) is 31.4 Å². The first-order valence-electron chi connectivity index (χ1n) is 7.95. The van der Waals surface area contributed by atoms with Crippen LogP contribution in [0.2, 0.25) is 0 Å². The molecule has 0 aliphatic carbocycles. The summed E-state index contributed by atoms with van der Waals surface area (Å²) >= 11 is 3.11. The van der Waals surface area contributed by atoms with Crippen LogP contribution < -0.4 is 10.2 Å². The van der Waals surface area contributed by atoms with E-state index in [1.807, 2.05) is 0 Å². The molecule has 27 heavy (non-hydrogen) atoms. The van der Waals surface area contributed by atoms with Gasteiger partial charge < -0.3 is 13.7 Å². The minimum Gasteiger partial charge on any atom is -0.444 e. The summed E-state index contributed by atoms with van der Waals surface area (Å²) in [4.78, 5) is 25.8. The van der Waals surface area contributed by atoms with Crippen molar-refractivity contribution in [2.45, 2.75) is 12.3 Å². The molecule has 3 heterocycles. The molecule has 8 nitrogen and oxygen atoms in total. The zero-order chi connectivity index (χ0) is 19.0. The molecule has 0 bridgehead atoms. The van der Waals surface area contributed by atoms with E-state index in [0.29, 0.717) is 16.9 Å². The van der Waals surface area contributed by atoms with Crippen molar-refractivity contribution >= 4 is 39.4 Å². The fourth-order valence-electron chi connectivity index (χ4n) is 2.79. The average Bonchev–Trinajstić information content (AvgIpc) is 3.36. The number of furan rings is 1. The van der Waals surface area contributed by atoms with Gasteiger partial charge in [-0.15, -0.1) is 5.10 Å². The second-order valence-electron chi connectivity index (χ2n) is 5.89. The van der Waals surface area contributed by atoms with Crippen LogP contribution in [0.1, 0.15) is 28.8 Å². The zero-order valence-corrected chi connectivity index (χ0v) is 15.3. The maximum absolute atomic E-state index is 13.1. The van der Waals surface area contributed by atoms with Crippen molar-refractivity contribution in [3.8, 4) is 0 Å². The number of nitrogens with zero attached hydrogens (tertiary/aromatic N) is 3. The number of rotatable bonds is 4. The Bertz CT molecular complexity index is 1000. The van der Waals surface area contributed by atoms with Gasteiger partial charge in [-0.3, -0.25) is 14.9 Å². The molecule has 10 heteroatoms. The van der Waals surface area contributed by atoms with Gasteiger partial charge in [0.25, 0.3) is 5.91 Å². The van der Waals surface area contributed by atoms with Crippen LogP contribution in [0.4, 0.5) is 16.1 Å². The van der Waals surface area contributed by atoms with Gasteiger partial charge in [0.2, 0.25) is 11.8 Å². The lowest BCUT2D eigenvalue weighted by Gasteiger charge is -2.15. The Labute approximate surface area is 160 Å². The molecule has 1 aliphatic heterocycles. The van der Waals surface area contributed by atoms with Crippen molar-refractivity contribution in [3.63, 3.8) is 0 Å². The molecule has 3 aromatic rings. The Hall–Kier alpha value is -3.01. The number of hydrogen-bond acceptors (Lipinski definition) is 6. The SMILES string of the molecule is O=C(Nc1nnc([C@H]2CC(=O)N(c3ccc(F)cc3)C2)o1)c1ccc(Br)o1. The van der Waals surface area contributed by atoms with E-state index < -0.39 is 5.91 Å². The van der Waals surface area contributed by atoms with E-state index in [9.17, 15) is 14.0 Å². The lowest BCUT2D eigenvalue weighted by molar-refractivity contribution is -0.117. The number of halogens is 2. The van der Waals surface area contributed by atoms with Gasteiger partial charge in [0.15, 0.2) is 10.4 Å². The Balaban J connectivity index is 1.45. The van der Waals surface area contributed by atoms with E-state index in [4.69, 9.17) is 8.83 Å². The number of hydrogen-bond donors (Lipinski definition) is 1. The van der Waals surface area contributed by atoms with Crippen LogP contribution in [0.25, 0.3) is 0 Å². The molecule has 1 aromatic carbocycles. The van der Waals surface area contributed by atoms with Gasteiger partial charge in [-0.2, -0.15) is 0 Å². The molecule has 1 fully saturated rings. The molecular weight excluding hydrogens is 423 g/mol. The minimum atomic E-state index is -0.536. The van der Waals surface area contributed by atoms with Gasteiger partial charge in [0.1, 0.15) is 5.82 Å². The Morgan fingerprint density at radius 1 is 1.19 bits per heavy atom. The van der Waals surface area contributed by atoms with Crippen LogP contribution in [0.5, 0.6) is 0 Å². The van der Waals surface area contributed by atoms with Crippen molar-refractivity contribution in [3.05, 3.63) is 58.5 Å². The number of nitrogens with one attached hydrogen (secondary N) is 1. The first-order chi connectivity index (χ1) is 13.0. The quantitative estimate of drug-likeness (QED) is 0.675. The molecule has 0 saturated carbocycles. The van der Waals surface area contributed by atoms with Crippen molar-refractivity contribution in [1.82, 2.24) is 10.2 Å². The second-order valence-corrected chi connectivity index (χ2v) is 6.67. The molecule has 1 saturated heterocycles. The third kappa shape index (κ3) is 3.61. The van der Waals surface area contributed by atoms with Crippen LogP contribution >= 0.6 is 15.9 Å². The number of carbonyl (C=O) groups is 2. The topological polar surface area (TPSA) is 101 Å². The van der Waals surface area contributed by atoms with Crippen LogP contribution in [-0.4, -0.2) is 28.6 Å². The van der Waals surface area contributed by atoms with E-state index in [-0.39, 0.29) is 41.7 Å². The summed E-state index contributed by atoms with van der Waals surface area (Å²) in [6.07, 6.45) is 0.179. The maximum Gasteiger partial charge on any atom is 0.322 e. The number of amides is 2. The molecular formula is C17H12BrFN4O4. The van der Waals surface area contributed by atoms with Gasteiger partial charge >= 0.3 is 6.01 Å². The molecule has 0 radical (unpaired) electrons. The summed E-state index contributed by atoms with van der Waals surface area (Å²) in [5, 5.41) is 10.1. The lowest BCUT2D eigenvalue weighted by atomic mass is 10.1. The highest BCUT2D eigenvalue weighted by molar-refractivity contribution is 9.10. The summed E-state index contributed by atoms with van der Waals surface area (Å²) in [5.74, 6) is -1.03. The van der Waals surface area contributed by atoms with E-state index >= 15 is 0 Å². The highest BCUT2D eigenvalue weighted by Gasteiger charge is 2.35. The molecule has 138 valence electrons. The fraction of sp³-hybridized carbons (Fsp3) is 0.176. The summed E-state index contributed by atoms with van der Waals surface area (Å²) < 4.78 is 24.1. The number of anilines is 2. The molecule has 1 N–H and O–H groups in total. The van der Waals surface area contributed by atoms with Gasteiger partial charge in [-0.25, -0.2) is 4.39 Å². The Kier molecular flexibility index (Phi) is 4.48. The normalized spacial score (nSPS) is 16.7. The standard InChI is InChI=1S/C17H12BrFN4O4/c18-13-6-5-12(26-13)15(25)20-17-22-21-16(27-17)9-7-14(24)23(8-9)11-3-1-10(19)2-4-11/h1-6,9H,7-8H2,(H,20,22,25)/t9-/m0/s1. The predicted octanol–water partition coefficient (Wildman–Crippen LogP) is 3.34. The number of benzene rings is 1. The van der Waals surface area contributed by atoms with Gasteiger partial charge in [0.05, 0.1) is 5.92 Å². The second kappa shape index (κ2) is 6.95. The largest absolute Gasteiger partial charge is 0.444 e.